The number of alkyl halides is 3. The van der Waals surface area contributed by atoms with E-state index in [1.165, 1.54) is 11.0 Å². The predicted octanol–water partition coefficient (Wildman–Crippen LogP) is 5.50. The van der Waals surface area contributed by atoms with Crippen molar-refractivity contribution >= 4 is 47.0 Å². The van der Waals surface area contributed by atoms with Crippen LogP contribution in [-0.4, -0.2) is 139 Å². The van der Waals surface area contributed by atoms with E-state index in [0.29, 0.717) is 71.1 Å². The molecule has 0 bridgehead atoms. The molecule has 4 amide bonds. The number of ether oxygens (including phenoxy) is 2. The van der Waals surface area contributed by atoms with Gasteiger partial charge in [0.1, 0.15) is 0 Å². The monoisotopic (exact) mass is 819 g/mol. The van der Waals surface area contributed by atoms with Crippen molar-refractivity contribution in [2.24, 2.45) is 0 Å². The lowest BCUT2D eigenvalue weighted by atomic mass is 10.0. The number of hydrogen-bond donors (Lipinski definition) is 2. The van der Waals surface area contributed by atoms with Gasteiger partial charge in [-0.2, -0.15) is 13.2 Å². The second kappa shape index (κ2) is 19.0. The predicted molar refractivity (Wildman–Crippen MR) is 209 cm³/mol. The molecule has 0 saturated carbocycles. The summed E-state index contributed by atoms with van der Waals surface area (Å²) in [6.45, 7) is 7.86. The third-order valence-electron chi connectivity index (χ3n) is 11.6. The van der Waals surface area contributed by atoms with E-state index in [0.717, 1.165) is 56.2 Å². The lowest BCUT2D eigenvalue weighted by Gasteiger charge is -2.43. The minimum atomic E-state index is -4.79. The Hall–Kier alpha value is -4.28. The van der Waals surface area contributed by atoms with Gasteiger partial charge in [0.25, 0.3) is 5.91 Å². The fraction of sp³-hybridized carbons (Fsp3) is 0.600. The number of amides is 4. The average Bonchev–Trinajstić information content (AvgIpc) is 3.36. The number of benzene rings is 2. The molecule has 3 saturated heterocycles. The van der Waals surface area contributed by atoms with Crippen LogP contribution in [0.25, 0.3) is 0 Å². The summed E-state index contributed by atoms with van der Waals surface area (Å²) < 4.78 is 52.6. The van der Waals surface area contributed by atoms with Gasteiger partial charge in [0.05, 0.1) is 22.9 Å². The van der Waals surface area contributed by atoms with E-state index in [1.807, 2.05) is 24.3 Å². The van der Waals surface area contributed by atoms with Gasteiger partial charge in [-0.3, -0.25) is 14.5 Å². The van der Waals surface area contributed by atoms with Crippen LogP contribution in [0.3, 0.4) is 0 Å². The number of halogens is 4. The topological polar surface area (TPSA) is 141 Å². The van der Waals surface area contributed by atoms with Crippen LogP contribution in [0.15, 0.2) is 36.4 Å². The van der Waals surface area contributed by atoms with Crippen molar-refractivity contribution in [3.8, 4) is 0 Å². The first-order valence-corrected chi connectivity index (χ1v) is 20.4. The Balaban J connectivity index is 1.06. The van der Waals surface area contributed by atoms with Crippen molar-refractivity contribution in [1.82, 2.24) is 24.5 Å². The third-order valence-corrected chi connectivity index (χ3v) is 11.9. The normalized spacial score (nSPS) is 19.7. The van der Waals surface area contributed by atoms with Crippen LogP contribution in [0.4, 0.5) is 34.1 Å². The van der Waals surface area contributed by atoms with E-state index in [2.05, 4.69) is 15.1 Å². The Kier molecular flexibility index (Phi) is 14.1. The van der Waals surface area contributed by atoms with Crippen molar-refractivity contribution in [3.05, 3.63) is 58.1 Å². The number of piperazine rings is 1. The molecule has 0 aliphatic carbocycles. The Bertz CT molecular complexity index is 1740. The largest absolute Gasteiger partial charge is 0.466 e. The number of urea groups is 1. The molecule has 312 valence electrons. The third kappa shape index (κ3) is 10.8. The van der Waals surface area contributed by atoms with Crippen molar-refractivity contribution in [2.45, 2.75) is 82.7 Å². The Morgan fingerprint density at radius 3 is 2.30 bits per heavy atom. The van der Waals surface area contributed by atoms with E-state index in [4.69, 9.17) is 26.8 Å². The molecule has 0 spiro atoms. The number of nitrogens with one attached hydrogen (secondary N) is 1. The number of carbonyl (C=O) groups is 4. The first-order valence-electron chi connectivity index (χ1n) is 20.0. The van der Waals surface area contributed by atoms with E-state index < -0.39 is 35.5 Å². The van der Waals surface area contributed by atoms with Crippen LogP contribution >= 0.6 is 11.6 Å². The van der Waals surface area contributed by atoms with E-state index in [1.54, 1.807) is 16.7 Å². The van der Waals surface area contributed by atoms with Crippen molar-refractivity contribution < 1.29 is 41.8 Å². The molecule has 3 N–H and O–H groups in total. The molecule has 6 rings (SSSR count). The average molecular weight is 820 g/mol. The summed E-state index contributed by atoms with van der Waals surface area (Å²) in [7, 11) is 0. The SMILES string of the molecule is CCOC(=O)CCCN1CCC(N2CCN(C(=O)C(Cc3cc(Cl)c(N)c(C(F)(F)F)c3)OC(=O)N3CCC(N4CCc5ccccc5NC4=O)CC3)CC2)CC1. The van der Waals surface area contributed by atoms with Gasteiger partial charge in [0, 0.05) is 76.4 Å². The summed E-state index contributed by atoms with van der Waals surface area (Å²) in [5.41, 5.74) is 5.85. The number of likely N-dealkylation sites (tertiary alicyclic amines) is 2. The highest BCUT2D eigenvalue weighted by molar-refractivity contribution is 6.33. The van der Waals surface area contributed by atoms with Crippen molar-refractivity contribution in [1.29, 1.82) is 0 Å². The zero-order chi connectivity index (χ0) is 40.7. The number of rotatable bonds is 11. The fourth-order valence-electron chi connectivity index (χ4n) is 8.41. The molecule has 1 atom stereocenters. The summed E-state index contributed by atoms with van der Waals surface area (Å²) >= 11 is 6.14. The molecule has 4 aliphatic rings. The molecule has 0 radical (unpaired) electrons. The molecular weight excluding hydrogens is 767 g/mol. The molecule has 4 aliphatic heterocycles. The van der Waals surface area contributed by atoms with Crippen LogP contribution in [-0.2, 0) is 38.1 Å². The van der Waals surface area contributed by atoms with Gasteiger partial charge in [-0.25, -0.2) is 9.59 Å². The van der Waals surface area contributed by atoms with Crippen LogP contribution in [0.5, 0.6) is 0 Å². The van der Waals surface area contributed by atoms with Gasteiger partial charge in [0.2, 0.25) is 0 Å². The molecule has 2 aromatic carbocycles. The van der Waals surface area contributed by atoms with E-state index >= 15 is 0 Å². The lowest BCUT2D eigenvalue weighted by Crippen LogP contribution is -2.56. The van der Waals surface area contributed by atoms with Crippen LogP contribution in [0.2, 0.25) is 5.02 Å². The molecule has 0 aromatic heterocycles. The minimum Gasteiger partial charge on any atom is -0.466 e. The smallest absolute Gasteiger partial charge is 0.418 e. The maximum Gasteiger partial charge on any atom is 0.418 e. The zero-order valence-electron chi connectivity index (χ0n) is 32.4. The van der Waals surface area contributed by atoms with Gasteiger partial charge in [-0.05, 0) is 94.4 Å². The molecule has 17 heteroatoms. The Morgan fingerprint density at radius 1 is 0.930 bits per heavy atom. The number of nitrogen functional groups attached to an aromatic ring is 1. The van der Waals surface area contributed by atoms with Gasteiger partial charge in [-0.1, -0.05) is 29.8 Å². The highest BCUT2D eigenvalue weighted by atomic mass is 35.5. The molecular formula is C40H53ClF3N7O6. The Morgan fingerprint density at radius 2 is 1.61 bits per heavy atom. The van der Waals surface area contributed by atoms with Crippen LogP contribution < -0.4 is 11.1 Å². The fourth-order valence-corrected chi connectivity index (χ4v) is 8.66. The number of nitrogens with two attached hydrogens (primary N) is 1. The number of fused-ring (bicyclic) bond motifs is 1. The van der Waals surface area contributed by atoms with E-state index in [-0.39, 0.29) is 48.1 Å². The summed E-state index contributed by atoms with van der Waals surface area (Å²) in [6.07, 6.45) is -2.51. The second-order valence-corrected chi connectivity index (χ2v) is 15.6. The zero-order valence-corrected chi connectivity index (χ0v) is 33.2. The highest BCUT2D eigenvalue weighted by Crippen LogP contribution is 2.38. The number of piperidine rings is 2. The number of anilines is 2. The lowest BCUT2D eigenvalue weighted by molar-refractivity contribution is -0.143. The molecule has 1 unspecified atom stereocenters. The van der Waals surface area contributed by atoms with Gasteiger partial charge < -0.3 is 40.1 Å². The molecule has 3 fully saturated rings. The number of hydrogen-bond acceptors (Lipinski definition) is 9. The van der Waals surface area contributed by atoms with Gasteiger partial charge >= 0.3 is 24.3 Å². The number of carbonyl (C=O) groups excluding carboxylic acids is 4. The van der Waals surface area contributed by atoms with E-state index in [9.17, 15) is 32.3 Å². The molecule has 13 nitrogen and oxygen atoms in total. The van der Waals surface area contributed by atoms with Crippen LogP contribution in [0, 0.1) is 0 Å². The summed E-state index contributed by atoms with van der Waals surface area (Å²) in [4.78, 5) is 62.2. The van der Waals surface area contributed by atoms with Crippen molar-refractivity contribution in [3.63, 3.8) is 0 Å². The van der Waals surface area contributed by atoms with Crippen molar-refractivity contribution in [2.75, 3.05) is 83.1 Å². The summed E-state index contributed by atoms with van der Waals surface area (Å²) in [6, 6.07) is 9.84. The minimum absolute atomic E-state index is 0.0622. The maximum atomic E-state index is 14.1. The number of esters is 1. The van der Waals surface area contributed by atoms with Crippen LogP contribution in [0.1, 0.15) is 62.1 Å². The summed E-state index contributed by atoms with van der Waals surface area (Å²) in [5.74, 6) is -0.663. The number of para-hydroxylation sites is 1. The van der Waals surface area contributed by atoms with Gasteiger partial charge in [0.15, 0.2) is 6.10 Å². The standard InChI is InChI=1S/C40H53ClF3N7O6/c1-2-56-35(52)8-5-14-47-15-10-29(11-16-47)48-20-22-49(23-21-48)37(53)34(26-27-24-31(40(42,43)44)36(45)32(41)25-27)57-39(55)50-17-12-30(13-18-50)51-19-9-28-6-3-4-7-33(28)46-38(51)54/h3-4,6-7,24-25,29-30,34H,2,5,8-23,26,45H2,1H3,(H,46,54). The Labute approximate surface area is 336 Å². The maximum absolute atomic E-state index is 14.1. The molecule has 4 heterocycles. The number of nitrogens with zero attached hydrogens (tertiary/aromatic N) is 5. The first kappa shape index (κ1) is 42.3. The quantitative estimate of drug-likeness (QED) is 0.222. The second-order valence-electron chi connectivity index (χ2n) is 15.2. The summed E-state index contributed by atoms with van der Waals surface area (Å²) in [5, 5.41) is 2.68. The molecule has 2 aromatic rings. The first-order chi connectivity index (χ1) is 27.3. The van der Waals surface area contributed by atoms with Gasteiger partial charge in [-0.15, -0.1) is 0 Å². The highest BCUT2D eigenvalue weighted by Gasteiger charge is 2.38. The molecule has 57 heavy (non-hydrogen) atoms.